The molecule has 1 atom stereocenters. The van der Waals surface area contributed by atoms with Crippen LogP contribution in [0.15, 0.2) is 54.7 Å². The number of fused-ring (bicyclic) bond motifs is 2. The van der Waals surface area contributed by atoms with Gasteiger partial charge >= 0.3 is 0 Å². The molecule has 0 aliphatic heterocycles. The average molecular weight is 316 g/mol. The predicted molar refractivity (Wildman–Crippen MR) is 103 cm³/mol. The Kier molecular flexibility index (Phi) is 3.68. The number of hydrogen-bond donors (Lipinski definition) is 2. The fraction of sp³-hybridized carbons (Fsp3) is 0.273. The lowest BCUT2D eigenvalue weighted by molar-refractivity contribution is 0.747. The van der Waals surface area contributed by atoms with Crippen LogP contribution in [0.3, 0.4) is 0 Å². The molecule has 0 amide bonds. The minimum Gasteiger partial charge on any atom is -0.361 e. The first kappa shape index (κ1) is 15.1. The Balaban J connectivity index is 1.60. The lowest BCUT2D eigenvalue weighted by Gasteiger charge is -2.11. The second-order valence-corrected chi connectivity index (χ2v) is 7.23. The van der Waals surface area contributed by atoms with Crippen LogP contribution in [0.1, 0.15) is 49.4 Å². The molecule has 24 heavy (non-hydrogen) atoms. The van der Waals surface area contributed by atoms with E-state index in [2.05, 4.69) is 79.3 Å². The maximum absolute atomic E-state index is 3.62. The van der Waals surface area contributed by atoms with Crippen molar-refractivity contribution in [1.29, 1.82) is 0 Å². The van der Waals surface area contributed by atoms with Crippen molar-refractivity contribution in [2.24, 2.45) is 0 Å². The van der Waals surface area contributed by atoms with Gasteiger partial charge in [0.15, 0.2) is 0 Å². The van der Waals surface area contributed by atoms with Gasteiger partial charge in [0.2, 0.25) is 0 Å². The van der Waals surface area contributed by atoms with Gasteiger partial charge in [-0.15, -0.1) is 0 Å². The summed E-state index contributed by atoms with van der Waals surface area (Å²) >= 11 is 0. The molecule has 0 radical (unpaired) electrons. The van der Waals surface area contributed by atoms with Crippen molar-refractivity contribution in [3.05, 3.63) is 71.5 Å². The Bertz CT molecular complexity index is 987. The Morgan fingerprint density at radius 2 is 1.58 bits per heavy atom. The summed E-state index contributed by atoms with van der Waals surface area (Å²) in [6.07, 6.45) is 3.03. The van der Waals surface area contributed by atoms with Crippen molar-refractivity contribution in [1.82, 2.24) is 9.97 Å². The zero-order valence-electron chi connectivity index (χ0n) is 14.6. The van der Waals surface area contributed by atoms with Crippen LogP contribution in [0.2, 0.25) is 0 Å². The minimum absolute atomic E-state index is 0.488. The Labute approximate surface area is 142 Å². The van der Waals surface area contributed by atoms with Gasteiger partial charge in [0.1, 0.15) is 0 Å². The molecule has 0 bridgehead atoms. The second kappa shape index (κ2) is 5.86. The SMILES string of the molecule is CC(C)c1ccc2cc(CC(C)c3ccc4[nH]ccc4c3)[nH]c2c1. The quantitative estimate of drug-likeness (QED) is 0.454. The highest BCUT2D eigenvalue weighted by Gasteiger charge is 2.11. The van der Waals surface area contributed by atoms with E-state index in [1.165, 1.54) is 38.6 Å². The number of aromatic nitrogens is 2. The highest BCUT2D eigenvalue weighted by molar-refractivity contribution is 5.81. The van der Waals surface area contributed by atoms with E-state index in [4.69, 9.17) is 0 Å². The first-order valence-electron chi connectivity index (χ1n) is 8.79. The van der Waals surface area contributed by atoms with Gasteiger partial charge in [-0.2, -0.15) is 0 Å². The van der Waals surface area contributed by atoms with Gasteiger partial charge in [-0.05, 0) is 70.5 Å². The maximum atomic E-state index is 3.62. The molecule has 2 aromatic heterocycles. The van der Waals surface area contributed by atoms with Crippen molar-refractivity contribution in [3.63, 3.8) is 0 Å². The van der Waals surface area contributed by atoms with Gasteiger partial charge in [0, 0.05) is 22.9 Å². The molecule has 1 unspecified atom stereocenters. The van der Waals surface area contributed by atoms with Crippen LogP contribution in [-0.2, 0) is 6.42 Å². The molecule has 2 aromatic carbocycles. The summed E-state index contributed by atoms with van der Waals surface area (Å²) in [5.74, 6) is 1.05. The summed E-state index contributed by atoms with van der Waals surface area (Å²) in [6, 6.07) is 17.9. The minimum atomic E-state index is 0.488. The van der Waals surface area contributed by atoms with E-state index in [-0.39, 0.29) is 0 Å². The number of benzene rings is 2. The van der Waals surface area contributed by atoms with E-state index >= 15 is 0 Å². The molecular weight excluding hydrogens is 292 g/mol. The zero-order chi connectivity index (χ0) is 16.7. The lowest BCUT2D eigenvalue weighted by atomic mass is 9.95. The average Bonchev–Trinajstić information content (AvgIpc) is 3.18. The van der Waals surface area contributed by atoms with Crippen molar-refractivity contribution >= 4 is 21.8 Å². The molecule has 0 fully saturated rings. The van der Waals surface area contributed by atoms with Gasteiger partial charge in [-0.25, -0.2) is 0 Å². The molecule has 0 aliphatic carbocycles. The summed E-state index contributed by atoms with van der Waals surface area (Å²) in [7, 11) is 0. The Hall–Kier alpha value is -2.48. The van der Waals surface area contributed by atoms with E-state index in [9.17, 15) is 0 Å². The van der Waals surface area contributed by atoms with Crippen LogP contribution in [0.5, 0.6) is 0 Å². The fourth-order valence-corrected chi connectivity index (χ4v) is 3.50. The van der Waals surface area contributed by atoms with Gasteiger partial charge in [-0.3, -0.25) is 0 Å². The summed E-state index contributed by atoms with van der Waals surface area (Å²) < 4.78 is 0. The molecule has 0 spiro atoms. The molecule has 2 heteroatoms. The molecule has 4 aromatic rings. The van der Waals surface area contributed by atoms with E-state index in [0.717, 1.165) is 6.42 Å². The van der Waals surface area contributed by atoms with Crippen LogP contribution in [0.25, 0.3) is 21.8 Å². The molecular formula is C22H24N2. The van der Waals surface area contributed by atoms with E-state index in [1.54, 1.807) is 0 Å². The predicted octanol–water partition coefficient (Wildman–Crippen LogP) is 6.12. The summed E-state index contributed by atoms with van der Waals surface area (Å²) in [5, 5.41) is 2.60. The summed E-state index contributed by atoms with van der Waals surface area (Å²) in [6.45, 7) is 6.79. The van der Waals surface area contributed by atoms with Gasteiger partial charge in [0.25, 0.3) is 0 Å². The van der Waals surface area contributed by atoms with Crippen LogP contribution in [-0.4, -0.2) is 9.97 Å². The first-order valence-corrected chi connectivity index (χ1v) is 8.79. The molecule has 122 valence electrons. The number of nitrogens with one attached hydrogen (secondary N) is 2. The number of aromatic amines is 2. The normalized spacial score (nSPS) is 13.2. The highest BCUT2D eigenvalue weighted by atomic mass is 14.7. The monoisotopic (exact) mass is 316 g/mol. The maximum Gasteiger partial charge on any atom is 0.0458 e. The Morgan fingerprint density at radius 3 is 2.42 bits per heavy atom. The van der Waals surface area contributed by atoms with Gasteiger partial charge < -0.3 is 9.97 Å². The van der Waals surface area contributed by atoms with Gasteiger partial charge in [0.05, 0.1) is 0 Å². The van der Waals surface area contributed by atoms with Crippen LogP contribution < -0.4 is 0 Å². The molecule has 0 aliphatic rings. The largest absolute Gasteiger partial charge is 0.361 e. The van der Waals surface area contributed by atoms with Crippen LogP contribution in [0, 0.1) is 0 Å². The van der Waals surface area contributed by atoms with E-state index < -0.39 is 0 Å². The Morgan fingerprint density at radius 1 is 0.792 bits per heavy atom. The fourth-order valence-electron chi connectivity index (χ4n) is 3.50. The smallest absolute Gasteiger partial charge is 0.0458 e. The number of hydrogen-bond acceptors (Lipinski definition) is 0. The molecule has 0 saturated carbocycles. The number of H-pyrrole nitrogens is 2. The van der Waals surface area contributed by atoms with Crippen LogP contribution in [0.4, 0.5) is 0 Å². The standard InChI is InChI=1S/C22H24N2/c1-14(2)16-4-5-18-12-20(24-22(18)13-16)10-15(3)17-6-7-21-19(11-17)8-9-23-21/h4-9,11-15,23-24H,10H2,1-3H3. The highest BCUT2D eigenvalue weighted by Crippen LogP contribution is 2.27. The van der Waals surface area contributed by atoms with Crippen molar-refractivity contribution in [2.75, 3.05) is 0 Å². The lowest BCUT2D eigenvalue weighted by Crippen LogP contribution is -1.98. The van der Waals surface area contributed by atoms with E-state index in [1.807, 2.05) is 6.20 Å². The molecule has 2 heterocycles. The van der Waals surface area contributed by atoms with Crippen LogP contribution >= 0.6 is 0 Å². The zero-order valence-corrected chi connectivity index (χ0v) is 14.6. The second-order valence-electron chi connectivity index (χ2n) is 7.23. The van der Waals surface area contributed by atoms with Gasteiger partial charge in [-0.1, -0.05) is 39.0 Å². The van der Waals surface area contributed by atoms with Crippen molar-refractivity contribution in [2.45, 2.75) is 39.0 Å². The molecule has 2 nitrogen and oxygen atoms in total. The third-order valence-electron chi connectivity index (χ3n) is 5.04. The first-order chi connectivity index (χ1) is 11.6. The van der Waals surface area contributed by atoms with E-state index in [0.29, 0.717) is 11.8 Å². The molecule has 2 N–H and O–H groups in total. The third kappa shape index (κ3) is 2.73. The van der Waals surface area contributed by atoms with Crippen molar-refractivity contribution < 1.29 is 0 Å². The molecule has 4 rings (SSSR count). The topological polar surface area (TPSA) is 31.6 Å². The molecule has 0 saturated heterocycles. The van der Waals surface area contributed by atoms with Crippen molar-refractivity contribution in [3.8, 4) is 0 Å². The summed E-state index contributed by atoms with van der Waals surface area (Å²) in [5.41, 5.74) is 6.56. The number of rotatable bonds is 4. The third-order valence-corrected chi connectivity index (χ3v) is 5.04. The summed E-state index contributed by atoms with van der Waals surface area (Å²) in [4.78, 5) is 6.88.